The van der Waals surface area contributed by atoms with Gasteiger partial charge in [0, 0.05) is 24.7 Å². The van der Waals surface area contributed by atoms with Crippen LogP contribution in [0.5, 0.6) is 0 Å². The van der Waals surface area contributed by atoms with Crippen LogP contribution in [0.2, 0.25) is 0 Å². The highest BCUT2D eigenvalue weighted by molar-refractivity contribution is 6.00. The van der Waals surface area contributed by atoms with E-state index in [0.717, 1.165) is 5.69 Å². The zero-order valence-corrected chi connectivity index (χ0v) is 9.26. The summed E-state index contributed by atoms with van der Waals surface area (Å²) in [7, 11) is 1.66. The van der Waals surface area contributed by atoms with Gasteiger partial charge in [0.2, 0.25) is 5.91 Å². The van der Waals surface area contributed by atoms with E-state index in [4.69, 9.17) is 0 Å². The van der Waals surface area contributed by atoms with Crippen LogP contribution in [-0.2, 0) is 17.1 Å². The average Bonchev–Trinajstić information content (AvgIpc) is 2.54. The number of rotatable bonds is 2. The average molecular weight is 225 g/mol. The second-order valence-electron chi connectivity index (χ2n) is 4.03. The monoisotopic (exact) mass is 225 g/mol. The Labute approximate surface area is 92.9 Å². The Morgan fingerprint density at radius 1 is 1.44 bits per heavy atom. The number of hydrogen-bond donors (Lipinski definition) is 0. The molecule has 1 aliphatic rings. The van der Waals surface area contributed by atoms with Crippen LogP contribution in [0, 0.1) is 0 Å². The fourth-order valence-corrected chi connectivity index (χ4v) is 1.90. The number of halogens is 2. The third kappa shape index (κ3) is 1.58. The van der Waals surface area contributed by atoms with E-state index in [-0.39, 0.29) is 24.3 Å². The first kappa shape index (κ1) is 11.0. The van der Waals surface area contributed by atoms with Gasteiger partial charge in [-0.2, -0.15) is 0 Å². The standard InChI is InChI=1S/C12H13F2NO/c1-3-12(13,14)9-4-5-10-8(6-9)7-11(16)15(10)2/h4-6H,3,7H2,1-2H3. The van der Waals surface area contributed by atoms with Crippen LogP contribution in [-0.4, -0.2) is 13.0 Å². The van der Waals surface area contributed by atoms with Gasteiger partial charge in [-0.25, -0.2) is 8.78 Å². The maximum Gasteiger partial charge on any atom is 0.273 e. The van der Waals surface area contributed by atoms with Crippen LogP contribution in [0.1, 0.15) is 24.5 Å². The summed E-state index contributed by atoms with van der Waals surface area (Å²) in [6, 6.07) is 4.44. The smallest absolute Gasteiger partial charge is 0.273 e. The molecule has 0 saturated heterocycles. The second kappa shape index (κ2) is 3.54. The molecule has 0 atom stereocenters. The Balaban J connectivity index is 2.43. The summed E-state index contributed by atoms with van der Waals surface area (Å²) in [5.74, 6) is -2.86. The molecule has 1 amide bonds. The number of nitrogens with zero attached hydrogens (tertiary/aromatic N) is 1. The van der Waals surface area contributed by atoms with Crippen molar-refractivity contribution in [3.63, 3.8) is 0 Å². The molecule has 1 heterocycles. The first-order valence-corrected chi connectivity index (χ1v) is 5.23. The highest BCUT2D eigenvalue weighted by Crippen LogP contribution is 2.36. The van der Waals surface area contributed by atoms with Crippen molar-refractivity contribution >= 4 is 11.6 Å². The lowest BCUT2D eigenvalue weighted by Crippen LogP contribution is -2.20. The number of fused-ring (bicyclic) bond motifs is 1. The SMILES string of the molecule is CCC(F)(F)c1ccc2c(c1)CC(=O)N2C. The molecular weight excluding hydrogens is 212 g/mol. The number of alkyl halides is 2. The zero-order valence-electron chi connectivity index (χ0n) is 9.26. The van der Waals surface area contributed by atoms with Gasteiger partial charge in [0.15, 0.2) is 0 Å². The van der Waals surface area contributed by atoms with Gasteiger partial charge in [0.1, 0.15) is 0 Å². The molecule has 2 rings (SSSR count). The number of likely N-dealkylation sites (N-methyl/N-ethyl adjacent to an activating group) is 1. The van der Waals surface area contributed by atoms with Crippen molar-refractivity contribution in [1.82, 2.24) is 0 Å². The van der Waals surface area contributed by atoms with Crippen LogP contribution in [0.3, 0.4) is 0 Å². The van der Waals surface area contributed by atoms with Crippen molar-refractivity contribution in [3.8, 4) is 0 Å². The molecule has 0 aliphatic carbocycles. The van der Waals surface area contributed by atoms with Crippen molar-refractivity contribution < 1.29 is 13.6 Å². The molecule has 0 radical (unpaired) electrons. The first-order chi connectivity index (χ1) is 7.45. The third-order valence-electron chi connectivity index (χ3n) is 3.02. The van der Waals surface area contributed by atoms with E-state index in [2.05, 4.69) is 0 Å². The van der Waals surface area contributed by atoms with Crippen LogP contribution < -0.4 is 4.90 Å². The lowest BCUT2D eigenvalue weighted by Gasteiger charge is -2.16. The molecule has 0 unspecified atom stereocenters. The number of carbonyl (C=O) groups is 1. The van der Waals surface area contributed by atoms with Gasteiger partial charge in [-0.05, 0) is 17.7 Å². The largest absolute Gasteiger partial charge is 0.315 e. The van der Waals surface area contributed by atoms with Gasteiger partial charge < -0.3 is 4.90 Å². The summed E-state index contributed by atoms with van der Waals surface area (Å²) in [4.78, 5) is 12.9. The fourth-order valence-electron chi connectivity index (χ4n) is 1.90. The number of benzene rings is 1. The number of hydrogen-bond acceptors (Lipinski definition) is 1. The van der Waals surface area contributed by atoms with Crippen LogP contribution in [0.25, 0.3) is 0 Å². The van der Waals surface area contributed by atoms with Crippen LogP contribution in [0.15, 0.2) is 18.2 Å². The van der Waals surface area contributed by atoms with Gasteiger partial charge in [-0.15, -0.1) is 0 Å². The van der Waals surface area contributed by atoms with Crippen molar-refractivity contribution in [2.75, 3.05) is 11.9 Å². The topological polar surface area (TPSA) is 20.3 Å². The van der Waals surface area contributed by atoms with E-state index in [1.165, 1.54) is 24.0 Å². The Hall–Kier alpha value is -1.45. The molecule has 16 heavy (non-hydrogen) atoms. The molecular formula is C12H13F2NO. The van der Waals surface area contributed by atoms with E-state index in [1.807, 2.05) is 0 Å². The molecule has 2 nitrogen and oxygen atoms in total. The van der Waals surface area contributed by atoms with Crippen LogP contribution >= 0.6 is 0 Å². The molecule has 0 aromatic heterocycles. The predicted molar refractivity (Wildman–Crippen MR) is 57.7 cm³/mol. The predicted octanol–water partition coefficient (Wildman–Crippen LogP) is 2.71. The zero-order chi connectivity index (χ0) is 11.9. The quantitative estimate of drug-likeness (QED) is 0.757. The summed E-state index contributed by atoms with van der Waals surface area (Å²) in [5, 5.41) is 0. The summed E-state index contributed by atoms with van der Waals surface area (Å²) < 4.78 is 26.9. The van der Waals surface area contributed by atoms with Gasteiger partial charge in [0.25, 0.3) is 5.92 Å². The number of anilines is 1. The summed E-state index contributed by atoms with van der Waals surface area (Å²) >= 11 is 0. The Bertz CT molecular complexity index is 443. The van der Waals surface area contributed by atoms with E-state index in [0.29, 0.717) is 5.56 Å². The van der Waals surface area contributed by atoms with Crippen molar-refractivity contribution in [2.24, 2.45) is 0 Å². The van der Waals surface area contributed by atoms with E-state index in [9.17, 15) is 13.6 Å². The van der Waals surface area contributed by atoms with E-state index >= 15 is 0 Å². The minimum absolute atomic E-state index is 0.00292. The number of carbonyl (C=O) groups excluding carboxylic acids is 1. The summed E-state index contributed by atoms with van der Waals surface area (Å²) in [6.07, 6.45) is -0.00492. The molecule has 0 bridgehead atoms. The maximum absolute atomic E-state index is 13.4. The highest BCUT2D eigenvalue weighted by atomic mass is 19.3. The maximum atomic E-state index is 13.4. The molecule has 1 aromatic carbocycles. The molecule has 1 aliphatic heterocycles. The molecule has 0 fully saturated rings. The lowest BCUT2D eigenvalue weighted by atomic mass is 10.0. The van der Waals surface area contributed by atoms with Gasteiger partial charge in [-0.1, -0.05) is 13.0 Å². The lowest BCUT2D eigenvalue weighted by molar-refractivity contribution is -0.117. The molecule has 0 N–H and O–H groups in total. The second-order valence-corrected chi connectivity index (χ2v) is 4.03. The molecule has 86 valence electrons. The van der Waals surface area contributed by atoms with Crippen LogP contribution in [0.4, 0.5) is 14.5 Å². The Kier molecular flexibility index (Phi) is 2.45. The minimum atomic E-state index is -2.81. The van der Waals surface area contributed by atoms with Gasteiger partial charge in [0.05, 0.1) is 6.42 Å². The molecule has 1 aromatic rings. The Morgan fingerprint density at radius 3 is 2.75 bits per heavy atom. The molecule has 0 spiro atoms. The third-order valence-corrected chi connectivity index (χ3v) is 3.02. The van der Waals surface area contributed by atoms with E-state index < -0.39 is 5.92 Å². The number of amides is 1. The molecule has 0 saturated carbocycles. The van der Waals surface area contributed by atoms with E-state index in [1.54, 1.807) is 13.1 Å². The minimum Gasteiger partial charge on any atom is -0.315 e. The summed E-state index contributed by atoms with van der Waals surface area (Å²) in [5.41, 5.74) is 1.43. The van der Waals surface area contributed by atoms with Crippen molar-refractivity contribution in [1.29, 1.82) is 0 Å². The summed E-state index contributed by atoms with van der Waals surface area (Å²) in [6.45, 7) is 1.45. The first-order valence-electron chi connectivity index (χ1n) is 5.23. The van der Waals surface area contributed by atoms with Gasteiger partial charge >= 0.3 is 0 Å². The van der Waals surface area contributed by atoms with Crippen molar-refractivity contribution in [2.45, 2.75) is 25.7 Å². The molecule has 4 heteroatoms. The highest BCUT2D eigenvalue weighted by Gasteiger charge is 2.32. The fraction of sp³-hybridized carbons (Fsp3) is 0.417. The normalized spacial score (nSPS) is 15.5. The Morgan fingerprint density at radius 2 is 2.12 bits per heavy atom. The van der Waals surface area contributed by atoms with Crippen molar-refractivity contribution in [3.05, 3.63) is 29.3 Å². The van der Waals surface area contributed by atoms with Gasteiger partial charge in [-0.3, -0.25) is 4.79 Å².